The zero-order valence-electron chi connectivity index (χ0n) is 16.4. The maximum Gasteiger partial charge on any atom is 0.251 e. The van der Waals surface area contributed by atoms with Crippen LogP contribution in [0.3, 0.4) is 0 Å². The Morgan fingerprint density at radius 3 is 2.54 bits per heavy atom. The number of likely N-dealkylation sites (tertiary alicyclic amines) is 1. The van der Waals surface area contributed by atoms with Gasteiger partial charge in [-0.25, -0.2) is 0 Å². The summed E-state index contributed by atoms with van der Waals surface area (Å²) in [6.45, 7) is 3.95. The van der Waals surface area contributed by atoms with Crippen LogP contribution in [0.1, 0.15) is 41.6 Å². The predicted molar refractivity (Wildman–Crippen MR) is 109 cm³/mol. The number of nitrogens with zero attached hydrogens (tertiary/aromatic N) is 1. The maximum atomic E-state index is 12.4. The van der Waals surface area contributed by atoms with Crippen LogP contribution in [0.2, 0.25) is 0 Å². The van der Waals surface area contributed by atoms with Gasteiger partial charge in [0.2, 0.25) is 5.91 Å². The van der Waals surface area contributed by atoms with Crippen molar-refractivity contribution in [3.8, 4) is 5.75 Å². The van der Waals surface area contributed by atoms with Crippen LogP contribution >= 0.6 is 0 Å². The van der Waals surface area contributed by atoms with Gasteiger partial charge in [0.15, 0.2) is 0 Å². The number of carbonyl (C=O) groups excluding carboxylic acids is 2. The lowest BCUT2D eigenvalue weighted by molar-refractivity contribution is -0.132. The van der Waals surface area contributed by atoms with Crippen LogP contribution in [-0.4, -0.2) is 42.5 Å². The molecule has 2 aromatic carbocycles. The highest BCUT2D eigenvalue weighted by Crippen LogP contribution is 2.15. The second-order valence-electron chi connectivity index (χ2n) is 7.26. The molecule has 0 atom stereocenters. The van der Waals surface area contributed by atoms with Crippen molar-refractivity contribution in [3.05, 3.63) is 65.7 Å². The maximum absolute atomic E-state index is 12.4. The number of hydrogen-bond acceptors (Lipinski definition) is 3. The van der Waals surface area contributed by atoms with E-state index in [1.54, 1.807) is 0 Å². The third-order valence-corrected chi connectivity index (χ3v) is 5.01. The van der Waals surface area contributed by atoms with E-state index in [4.69, 9.17) is 4.74 Å². The summed E-state index contributed by atoms with van der Waals surface area (Å²) >= 11 is 0. The number of piperidine rings is 1. The SMILES string of the molecule is Cc1cccc(OCCCC(=O)N2CCC(NC(=O)c3ccccc3)CC2)c1. The zero-order valence-corrected chi connectivity index (χ0v) is 16.4. The van der Waals surface area contributed by atoms with E-state index in [9.17, 15) is 9.59 Å². The first-order chi connectivity index (χ1) is 13.6. The normalized spacial score (nSPS) is 14.5. The third kappa shape index (κ3) is 5.84. The van der Waals surface area contributed by atoms with Crippen LogP contribution in [0.15, 0.2) is 54.6 Å². The van der Waals surface area contributed by atoms with Crippen LogP contribution in [0, 0.1) is 6.92 Å². The molecule has 5 heteroatoms. The Morgan fingerprint density at radius 1 is 1.07 bits per heavy atom. The van der Waals surface area contributed by atoms with Crippen LogP contribution in [0.4, 0.5) is 0 Å². The molecule has 0 aliphatic carbocycles. The second kappa shape index (κ2) is 9.93. The van der Waals surface area contributed by atoms with Gasteiger partial charge in [0.05, 0.1) is 6.61 Å². The van der Waals surface area contributed by atoms with E-state index in [0.717, 1.165) is 24.2 Å². The molecule has 2 aromatic rings. The van der Waals surface area contributed by atoms with E-state index >= 15 is 0 Å². The zero-order chi connectivity index (χ0) is 19.8. The predicted octanol–water partition coefficient (Wildman–Crippen LogP) is 3.58. The molecule has 3 rings (SSSR count). The van der Waals surface area contributed by atoms with Gasteiger partial charge in [-0.05, 0) is 56.0 Å². The van der Waals surface area contributed by atoms with Gasteiger partial charge in [-0.15, -0.1) is 0 Å². The van der Waals surface area contributed by atoms with E-state index in [1.165, 1.54) is 0 Å². The Bertz CT molecular complexity index is 783. The summed E-state index contributed by atoms with van der Waals surface area (Å²) in [5.41, 5.74) is 1.84. The van der Waals surface area contributed by atoms with Gasteiger partial charge >= 0.3 is 0 Å². The molecule has 1 aliphatic heterocycles. The number of amides is 2. The van der Waals surface area contributed by atoms with Crippen LogP contribution in [-0.2, 0) is 4.79 Å². The van der Waals surface area contributed by atoms with Crippen molar-refractivity contribution >= 4 is 11.8 Å². The fraction of sp³-hybridized carbons (Fsp3) is 0.391. The van der Waals surface area contributed by atoms with E-state index < -0.39 is 0 Å². The Balaban J connectivity index is 1.34. The molecule has 0 aromatic heterocycles. The standard InChI is InChI=1S/C23H28N2O3/c1-18-7-5-10-21(17-18)28-16-6-11-22(26)25-14-12-20(13-15-25)24-23(27)19-8-3-2-4-9-19/h2-5,7-10,17,20H,6,11-16H2,1H3,(H,24,27). The van der Waals surface area contributed by atoms with Crippen molar-refractivity contribution in [2.24, 2.45) is 0 Å². The van der Waals surface area contributed by atoms with Gasteiger partial charge in [-0.3, -0.25) is 9.59 Å². The minimum atomic E-state index is -0.0429. The van der Waals surface area contributed by atoms with Crippen molar-refractivity contribution in [2.45, 2.75) is 38.6 Å². The molecule has 1 heterocycles. The third-order valence-electron chi connectivity index (χ3n) is 5.01. The van der Waals surface area contributed by atoms with Gasteiger partial charge < -0.3 is 15.0 Å². The largest absolute Gasteiger partial charge is 0.494 e. The Morgan fingerprint density at radius 2 is 1.82 bits per heavy atom. The molecule has 0 saturated carbocycles. The van der Waals surface area contributed by atoms with Crippen molar-refractivity contribution in [3.63, 3.8) is 0 Å². The van der Waals surface area contributed by atoms with Gasteiger partial charge in [-0.2, -0.15) is 0 Å². The average molecular weight is 380 g/mol. The van der Waals surface area contributed by atoms with E-state index in [2.05, 4.69) is 5.32 Å². The molecule has 5 nitrogen and oxygen atoms in total. The molecule has 0 unspecified atom stereocenters. The van der Waals surface area contributed by atoms with Crippen LogP contribution < -0.4 is 10.1 Å². The van der Waals surface area contributed by atoms with Crippen molar-refractivity contribution < 1.29 is 14.3 Å². The summed E-state index contributed by atoms with van der Waals surface area (Å²) in [7, 11) is 0. The number of rotatable bonds is 7. The van der Waals surface area contributed by atoms with E-state index in [1.807, 2.05) is 66.4 Å². The lowest BCUT2D eigenvalue weighted by Gasteiger charge is -2.32. The molecule has 2 amide bonds. The first kappa shape index (κ1) is 19.9. The molecule has 0 radical (unpaired) electrons. The molecule has 0 bridgehead atoms. The van der Waals surface area contributed by atoms with Gasteiger partial charge in [0, 0.05) is 31.1 Å². The first-order valence-electron chi connectivity index (χ1n) is 9.95. The minimum absolute atomic E-state index is 0.0429. The van der Waals surface area contributed by atoms with Crippen LogP contribution in [0.5, 0.6) is 5.75 Å². The lowest BCUT2D eigenvalue weighted by Crippen LogP contribution is -2.46. The van der Waals surface area contributed by atoms with Gasteiger partial charge in [0.25, 0.3) is 5.91 Å². The highest BCUT2D eigenvalue weighted by Gasteiger charge is 2.23. The highest BCUT2D eigenvalue weighted by atomic mass is 16.5. The molecule has 1 aliphatic rings. The summed E-state index contributed by atoms with van der Waals surface area (Å²) in [5.74, 6) is 0.974. The van der Waals surface area contributed by atoms with Crippen molar-refractivity contribution in [1.29, 1.82) is 0 Å². The number of aryl methyl sites for hydroxylation is 1. The summed E-state index contributed by atoms with van der Waals surface area (Å²) in [6.07, 6.45) is 2.79. The molecule has 1 N–H and O–H groups in total. The fourth-order valence-corrected chi connectivity index (χ4v) is 3.41. The summed E-state index contributed by atoms with van der Waals surface area (Å²) < 4.78 is 5.71. The van der Waals surface area contributed by atoms with E-state index in [0.29, 0.717) is 38.1 Å². The molecule has 148 valence electrons. The van der Waals surface area contributed by atoms with Gasteiger partial charge in [-0.1, -0.05) is 30.3 Å². The molecule has 28 heavy (non-hydrogen) atoms. The summed E-state index contributed by atoms with van der Waals surface area (Å²) in [6, 6.07) is 17.3. The van der Waals surface area contributed by atoms with Crippen LogP contribution in [0.25, 0.3) is 0 Å². The topological polar surface area (TPSA) is 58.6 Å². The second-order valence-corrected chi connectivity index (χ2v) is 7.26. The Hall–Kier alpha value is -2.82. The molecular weight excluding hydrogens is 352 g/mol. The smallest absolute Gasteiger partial charge is 0.251 e. The van der Waals surface area contributed by atoms with E-state index in [-0.39, 0.29) is 17.9 Å². The summed E-state index contributed by atoms with van der Waals surface area (Å²) in [5, 5.41) is 3.07. The number of carbonyl (C=O) groups is 2. The molecule has 0 spiro atoms. The average Bonchev–Trinajstić information content (AvgIpc) is 2.72. The van der Waals surface area contributed by atoms with Crippen molar-refractivity contribution in [2.75, 3.05) is 19.7 Å². The number of hydrogen-bond donors (Lipinski definition) is 1. The van der Waals surface area contributed by atoms with Crippen molar-refractivity contribution in [1.82, 2.24) is 10.2 Å². The minimum Gasteiger partial charge on any atom is -0.494 e. The summed E-state index contributed by atoms with van der Waals surface area (Å²) in [4.78, 5) is 26.5. The lowest BCUT2D eigenvalue weighted by atomic mass is 10.0. The monoisotopic (exact) mass is 380 g/mol. The molecular formula is C23H28N2O3. The first-order valence-corrected chi connectivity index (χ1v) is 9.95. The molecule has 1 saturated heterocycles. The highest BCUT2D eigenvalue weighted by molar-refractivity contribution is 5.94. The quantitative estimate of drug-likeness (QED) is 0.747. The number of nitrogens with one attached hydrogen (secondary N) is 1. The fourth-order valence-electron chi connectivity index (χ4n) is 3.41. The Kier molecular flexibility index (Phi) is 7.06. The number of ether oxygens (including phenoxy) is 1. The molecule has 1 fully saturated rings. The van der Waals surface area contributed by atoms with Gasteiger partial charge in [0.1, 0.15) is 5.75 Å². The Labute approximate surface area is 166 Å². The number of benzene rings is 2.